The number of amides is 1. The molecule has 25 heavy (non-hydrogen) atoms. The maximum atomic E-state index is 13.2. The molecule has 0 aliphatic carbocycles. The van der Waals surface area contributed by atoms with Gasteiger partial charge >= 0.3 is 0 Å². The number of aliphatic imine (C=N–C) groups is 1. The van der Waals surface area contributed by atoms with Crippen LogP contribution in [0.15, 0.2) is 42.0 Å². The summed E-state index contributed by atoms with van der Waals surface area (Å²) in [7, 11) is 3.39. The number of aromatic amines is 1. The Morgan fingerprint density at radius 2 is 2.20 bits per heavy atom. The molecule has 6 nitrogen and oxygen atoms in total. The molecule has 1 amide bonds. The number of likely N-dealkylation sites (N-methyl/N-ethyl adjacent to an activating group) is 1. The molecule has 7 heteroatoms. The average molecular weight is 345 g/mol. The third kappa shape index (κ3) is 5.34. The third-order valence-electron chi connectivity index (χ3n) is 3.70. The summed E-state index contributed by atoms with van der Waals surface area (Å²) < 4.78 is 13.2. The van der Waals surface area contributed by atoms with Crippen molar-refractivity contribution in [1.29, 1.82) is 0 Å². The van der Waals surface area contributed by atoms with E-state index in [1.54, 1.807) is 26.2 Å². The van der Waals surface area contributed by atoms with Gasteiger partial charge in [-0.2, -0.15) is 0 Å². The van der Waals surface area contributed by atoms with Gasteiger partial charge in [0.05, 0.1) is 0 Å². The number of fused-ring (bicyclic) bond motifs is 1. The minimum atomic E-state index is -0.257. The van der Waals surface area contributed by atoms with Crippen LogP contribution in [0.25, 0.3) is 10.9 Å². The molecule has 0 saturated carbocycles. The van der Waals surface area contributed by atoms with E-state index in [0.717, 1.165) is 22.9 Å². The first-order chi connectivity index (χ1) is 12.0. The van der Waals surface area contributed by atoms with Gasteiger partial charge in [-0.05, 0) is 30.2 Å². The summed E-state index contributed by atoms with van der Waals surface area (Å²) in [5, 5.41) is 7.28. The summed E-state index contributed by atoms with van der Waals surface area (Å²) in [6, 6.07) is 4.72. The zero-order valence-electron chi connectivity index (χ0n) is 14.6. The average Bonchev–Trinajstić information content (AvgIpc) is 2.98. The van der Waals surface area contributed by atoms with Crippen LogP contribution in [-0.2, 0) is 11.2 Å². The highest BCUT2D eigenvalue weighted by atomic mass is 19.1. The molecule has 1 aromatic carbocycles. The van der Waals surface area contributed by atoms with Gasteiger partial charge in [-0.15, -0.1) is 6.58 Å². The van der Waals surface area contributed by atoms with Crippen LogP contribution in [0.3, 0.4) is 0 Å². The van der Waals surface area contributed by atoms with Crippen molar-refractivity contribution < 1.29 is 9.18 Å². The van der Waals surface area contributed by atoms with Crippen molar-refractivity contribution in [2.45, 2.75) is 6.42 Å². The summed E-state index contributed by atoms with van der Waals surface area (Å²) in [6.45, 7) is 4.92. The van der Waals surface area contributed by atoms with E-state index in [2.05, 4.69) is 27.2 Å². The fraction of sp³-hybridized carbons (Fsp3) is 0.333. The maximum absolute atomic E-state index is 13.2. The molecule has 2 rings (SSSR count). The number of guanidine groups is 1. The molecule has 0 bridgehead atoms. The number of rotatable bonds is 7. The fourth-order valence-corrected chi connectivity index (χ4v) is 2.31. The van der Waals surface area contributed by atoms with Crippen LogP contribution in [0.1, 0.15) is 5.56 Å². The number of H-pyrrole nitrogens is 1. The Morgan fingerprint density at radius 1 is 1.40 bits per heavy atom. The van der Waals surface area contributed by atoms with Gasteiger partial charge in [-0.3, -0.25) is 4.79 Å². The van der Waals surface area contributed by atoms with Gasteiger partial charge in [-0.25, -0.2) is 9.38 Å². The van der Waals surface area contributed by atoms with E-state index in [-0.39, 0.29) is 18.3 Å². The molecule has 0 spiro atoms. The summed E-state index contributed by atoms with van der Waals surface area (Å²) in [4.78, 5) is 20.5. The molecule has 1 aromatic heterocycles. The van der Waals surface area contributed by atoms with Gasteiger partial charge in [0.25, 0.3) is 0 Å². The van der Waals surface area contributed by atoms with E-state index in [1.807, 2.05) is 6.20 Å². The molecule has 0 unspecified atom stereocenters. The number of carbonyl (C=O) groups excluding carboxylic acids is 1. The van der Waals surface area contributed by atoms with E-state index < -0.39 is 0 Å². The number of carbonyl (C=O) groups is 1. The second-order valence-corrected chi connectivity index (χ2v) is 5.80. The molecule has 0 fully saturated rings. The summed E-state index contributed by atoms with van der Waals surface area (Å²) in [5.41, 5.74) is 1.88. The van der Waals surface area contributed by atoms with Crippen LogP contribution < -0.4 is 10.6 Å². The fourth-order valence-electron chi connectivity index (χ4n) is 2.31. The highest BCUT2D eigenvalue weighted by Crippen LogP contribution is 2.19. The van der Waals surface area contributed by atoms with Gasteiger partial charge in [0.1, 0.15) is 12.4 Å². The molecule has 1 heterocycles. The zero-order chi connectivity index (χ0) is 18.2. The third-order valence-corrected chi connectivity index (χ3v) is 3.70. The van der Waals surface area contributed by atoms with E-state index in [1.165, 1.54) is 17.0 Å². The summed E-state index contributed by atoms with van der Waals surface area (Å²) in [5.74, 6) is 0.229. The standard InChI is InChI=1S/C18H24FN5O/c1-4-8-20-18(23-12-17(25)24(2)3)21-9-7-13-11-22-16-10-14(19)5-6-15(13)16/h4-6,10-11,22H,1,7-9,12H2,2-3H3,(H2,20,21,23). The van der Waals surface area contributed by atoms with E-state index in [4.69, 9.17) is 0 Å². The number of benzene rings is 1. The molecule has 0 saturated heterocycles. The van der Waals surface area contributed by atoms with Crippen LogP contribution >= 0.6 is 0 Å². The molecule has 2 aromatic rings. The van der Waals surface area contributed by atoms with Gasteiger partial charge in [0.15, 0.2) is 5.96 Å². The second kappa shape index (κ2) is 8.86. The predicted octanol–water partition coefficient (Wildman–Crippen LogP) is 1.66. The van der Waals surface area contributed by atoms with Crippen molar-refractivity contribution in [3.8, 4) is 0 Å². The zero-order valence-corrected chi connectivity index (χ0v) is 14.6. The predicted molar refractivity (Wildman–Crippen MR) is 99.2 cm³/mol. The van der Waals surface area contributed by atoms with Crippen LogP contribution in [0.4, 0.5) is 4.39 Å². The topological polar surface area (TPSA) is 72.5 Å². The molecule has 0 radical (unpaired) electrons. The van der Waals surface area contributed by atoms with Crippen molar-refractivity contribution in [3.63, 3.8) is 0 Å². The van der Waals surface area contributed by atoms with Crippen molar-refractivity contribution in [1.82, 2.24) is 20.5 Å². The monoisotopic (exact) mass is 345 g/mol. The van der Waals surface area contributed by atoms with Crippen LogP contribution in [0, 0.1) is 5.82 Å². The van der Waals surface area contributed by atoms with Crippen molar-refractivity contribution >= 4 is 22.8 Å². The van der Waals surface area contributed by atoms with E-state index in [9.17, 15) is 9.18 Å². The Kier molecular flexibility index (Phi) is 6.56. The Labute approximate surface area is 146 Å². The lowest BCUT2D eigenvalue weighted by Gasteiger charge is -2.12. The summed E-state index contributed by atoms with van der Waals surface area (Å²) in [6.07, 6.45) is 4.34. The summed E-state index contributed by atoms with van der Waals surface area (Å²) >= 11 is 0. The lowest BCUT2D eigenvalue weighted by atomic mass is 10.1. The maximum Gasteiger partial charge on any atom is 0.243 e. The lowest BCUT2D eigenvalue weighted by molar-refractivity contribution is -0.127. The van der Waals surface area contributed by atoms with E-state index >= 15 is 0 Å². The van der Waals surface area contributed by atoms with Crippen LogP contribution in [-0.4, -0.2) is 55.5 Å². The first-order valence-electron chi connectivity index (χ1n) is 8.10. The molecule has 3 N–H and O–H groups in total. The number of halogens is 1. The molecular formula is C18H24FN5O. The molecular weight excluding hydrogens is 321 g/mol. The Hall–Kier alpha value is -2.83. The number of hydrogen-bond acceptors (Lipinski definition) is 2. The highest BCUT2D eigenvalue weighted by molar-refractivity contribution is 5.85. The normalized spacial score (nSPS) is 11.4. The first-order valence-corrected chi connectivity index (χ1v) is 8.10. The van der Waals surface area contributed by atoms with E-state index in [0.29, 0.717) is 19.0 Å². The van der Waals surface area contributed by atoms with Gasteiger partial charge < -0.3 is 20.5 Å². The molecule has 0 aliphatic heterocycles. The van der Waals surface area contributed by atoms with Gasteiger partial charge in [0.2, 0.25) is 5.91 Å². The van der Waals surface area contributed by atoms with Crippen molar-refractivity contribution in [2.75, 3.05) is 33.7 Å². The van der Waals surface area contributed by atoms with Crippen molar-refractivity contribution in [3.05, 3.63) is 48.4 Å². The SMILES string of the molecule is C=CCNC(=NCC(=O)N(C)C)NCCc1c[nH]c2cc(F)ccc12. The second-order valence-electron chi connectivity index (χ2n) is 5.80. The quantitative estimate of drug-likeness (QED) is 0.406. The largest absolute Gasteiger partial charge is 0.361 e. The van der Waals surface area contributed by atoms with Gasteiger partial charge in [-0.1, -0.05) is 6.08 Å². The van der Waals surface area contributed by atoms with Crippen molar-refractivity contribution in [2.24, 2.45) is 4.99 Å². The minimum Gasteiger partial charge on any atom is -0.361 e. The minimum absolute atomic E-state index is 0.0710. The molecule has 0 aliphatic rings. The van der Waals surface area contributed by atoms with Crippen LogP contribution in [0.2, 0.25) is 0 Å². The number of nitrogens with zero attached hydrogens (tertiary/aromatic N) is 2. The Balaban J connectivity index is 1.95. The Morgan fingerprint density at radius 3 is 2.92 bits per heavy atom. The number of nitrogens with one attached hydrogen (secondary N) is 3. The number of aromatic nitrogens is 1. The van der Waals surface area contributed by atoms with Crippen LogP contribution in [0.5, 0.6) is 0 Å². The Bertz CT molecular complexity index is 766. The molecule has 134 valence electrons. The molecule has 0 atom stereocenters. The lowest BCUT2D eigenvalue weighted by Crippen LogP contribution is -2.39. The van der Waals surface area contributed by atoms with Gasteiger partial charge in [0, 0.05) is 44.3 Å². The smallest absolute Gasteiger partial charge is 0.243 e. The first kappa shape index (κ1) is 18.5. The number of hydrogen-bond donors (Lipinski definition) is 3. The highest BCUT2D eigenvalue weighted by Gasteiger charge is 2.06.